The number of benzene rings is 2. The molecule has 2 spiro atoms. The fraction of sp³-hybridized carbons (Fsp3) is 0.556. The van der Waals surface area contributed by atoms with E-state index in [0.29, 0.717) is 44.0 Å². The van der Waals surface area contributed by atoms with Crippen molar-refractivity contribution < 1.29 is 27.5 Å². The smallest absolute Gasteiger partial charge is 0.309 e. The Bertz CT molecular complexity index is 1710. The van der Waals surface area contributed by atoms with Gasteiger partial charge in [0.1, 0.15) is 11.4 Å². The van der Waals surface area contributed by atoms with Gasteiger partial charge in [0.2, 0.25) is 5.91 Å². The van der Waals surface area contributed by atoms with Crippen LogP contribution in [0.25, 0.3) is 0 Å². The summed E-state index contributed by atoms with van der Waals surface area (Å²) < 4.78 is 42.4. The zero-order valence-corrected chi connectivity index (χ0v) is 28.3. The van der Waals surface area contributed by atoms with E-state index in [-0.39, 0.29) is 40.0 Å². The van der Waals surface area contributed by atoms with Crippen LogP contribution in [0, 0.1) is 29.6 Å². The van der Waals surface area contributed by atoms with Gasteiger partial charge in [-0.1, -0.05) is 44.5 Å². The molecule has 2 fully saturated rings. The molecule has 0 radical (unpaired) electrons. The first-order valence-electron chi connectivity index (χ1n) is 16.7. The normalized spacial score (nSPS) is 36.0. The lowest BCUT2D eigenvalue weighted by Gasteiger charge is -2.49. The maximum Gasteiger partial charge on any atom is 0.309 e. The molecule has 46 heavy (non-hydrogen) atoms. The molecule has 3 aliphatic heterocycles. The van der Waals surface area contributed by atoms with Gasteiger partial charge in [-0.15, -0.1) is 0 Å². The zero-order chi connectivity index (χ0) is 32.4. The number of aryl methyl sites for hydroxylation is 1. The number of hydrogen-bond donors (Lipinski definition) is 1. The van der Waals surface area contributed by atoms with E-state index in [1.165, 1.54) is 17.2 Å². The highest BCUT2D eigenvalue weighted by Gasteiger charge is 2.55. The molecule has 2 aliphatic carbocycles. The minimum Gasteiger partial charge on any atom is -0.490 e. The van der Waals surface area contributed by atoms with Crippen LogP contribution in [0.2, 0.25) is 5.02 Å². The number of anilines is 1. The van der Waals surface area contributed by atoms with Crippen LogP contribution in [-0.4, -0.2) is 45.6 Å². The van der Waals surface area contributed by atoms with E-state index in [4.69, 9.17) is 21.1 Å². The summed E-state index contributed by atoms with van der Waals surface area (Å²) in [4.78, 5) is 28.5. The van der Waals surface area contributed by atoms with Crippen LogP contribution in [0.5, 0.6) is 5.75 Å². The molecule has 2 bridgehead atoms. The van der Waals surface area contributed by atoms with Crippen LogP contribution in [0.1, 0.15) is 70.4 Å². The summed E-state index contributed by atoms with van der Waals surface area (Å²) in [6.45, 7) is 7.39. The van der Waals surface area contributed by atoms with Crippen LogP contribution in [-0.2, 0) is 36.2 Å². The largest absolute Gasteiger partial charge is 0.490 e. The van der Waals surface area contributed by atoms with E-state index >= 15 is 0 Å². The highest BCUT2D eigenvalue weighted by molar-refractivity contribution is 7.90. The Morgan fingerprint density at radius 3 is 2.63 bits per heavy atom. The highest BCUT2D eigenvalue weighted by Crippen LogP contribution is 2.52. The Labute approximate surface area is 276 Å². The quantitative estimate of drug-likeness (QED) is 0.264. The topological polar surface area (TPSA) is 102 Å². The zero-order valence-electron chi connectivity index (χ0n) is 26.8. The number of carbonyl (C=O) groups is 2. The molecule has 5 aliphatic rings. The van der Waals surface area contributed by atoms with E-state index in [0.717, 1.165) is 37.1 Å². The molecule has 1 amide bonds. The van der Waals surface area contributed by atoms with Gasteiger partial charge in [-0.05, 0) is 97.9 Å². The summed E-state index contributed by atoms with van der Waals surface area (Å²) in [5.41, 5.74) is 2.16. The van der Waals surface area contributed by atoms with Crippen molar-refractivity contribution in [2.24, 2.45) is 29.6 Å². The molecular weight excluding hydrogens is 624 g/mol. The number of fused-ring (bicyclic) bond motifs is 5. The molecule has 1 saturated carbocycles. The Balaban J connectivity index is 1.34. The second-order valence-corrected chi connectivity index (χ2v) is 16.7. The van der Waals surface area contributed by atoms with Gasteiger partial charge in [0.15, 0.2) is 0 Å². The molecule has 8 nitrogen and oxygen atoms in total. The SMILES string of the molecule is C[C@H]1C[C@]2(/C=C/C[C@H](C)[C@@H](C)C(=O)NS(=O)(=O)c3ccc4c(c3)N(C[C@@H]3CC[C@H]32)C[C@@]2(CCCc3cc(Cl)ccc32)CO4)OC1=O. The maximum atomic E-state index is 13.6. The number of amides is 1. The summed E-state index contributed by atoms with van der Waals surface area (Å²) in [6, 6.07) is 11.1. The van der Waals surface area contributed by atoms with Gasteiger partial charge < -0.3 is 14.4 Å². The molecule has 7 atom stereocenters. The molecule has 1 saturated heterocycles. The van der Waals surface area contributed by atoms with Crippen molar-refractivity contribution in [1.82, 2.24) is 4.72 Å². The Morgan fingerprint density at radius 2 is 1.89 bits per heavy atom. The van der Waals surface area contributed by atoms with Crippen molar-refractivity contribution in [2.75, 3.05) is 24.6 Å². The third-order valence-electron chi connectivity index (χ3n) is 11.5. The number of hydrogen-bond acceptors (Lipinski definition) is 7. The fourth-order valence-electron chi connectivity index (χ4n) is 8.55. The molecule has 10 heteroatoms. The van der Waals surface area contributed by atoms with Crippen molar-refractivity contribution in [3.05, 3.63) is 64.7 Å². The average Bonchev–Trinajstić information content (AvgIpc) is 3.18. The number of esters is 1. The van der Waals surface area contributed by atoms with Crippen molar-refractivity contribution >= 4 is 39.2 Å². The van der Waals surface area contributed by atoms with Gasteiger partial charge in [0, 0.05) is 41.8 Å². The maximum absolute atomic E-state index is 13.6. The number of halogens is 1. The van der Waals surface area contributed by atoms with Gasteiger partial charge in [-0.2, -0.15) is 0 Å². The minimum absolute atomic E-state index is 0.0343. The summed E-state index contributed by atoms with van der Waals surface area (Å²) in [5.74, 6) is -0.579. The predicted molar refractivity (Wildman–Crippen MR) is 176 cm³/mol. The number of ether oxygens (including phenoxy) is 2. The lowest BCUT2D eigenvalue weighted by atomic mass is 9.62. The number of nitrogens with zero attached hydrogens (tertiary/aromatic N) is 1. The Morgan fingerprint density at radius 1 is 1.07 bits per heavy atom. The van der Waals surface area contributed by atoms with Crippen LogP contribution in [0.4, 0.5) is 5.69 Å². The number of sulfonamides is 1. The third-order valence-corrected chi connectivity index (χ3v) is 13.1. The number of allylic oxidation sites excluding steroid dienone is 1. The number of carbonyl (C=O) groups excluding carboxylic acids is 2. The minimum atomic E-state index is -4.13. The summed E-state index contributed by atoms with van der Waals surface area (Å²) >= 11 is 6.43. The van der Waals surface area contributed by atoms with E-state index in [1.54, 1.807) is 19.1 Å². The molecule has 0 unspecified atom stereocenters. The van der Waals surface area contributed by atoms with Crippen LogP contribution >= 0.6 is 11.6 Å². The standard InChI is InChI=1S/C36H43ClN2O6S/c1-22-6-4-15-36(18-23(2)34(41)45-36)30-11-8-26(30)19-39-20-35(14-5-7-25-16-27(37)9-12-29(25)35)21-44-32-13-10-28(17-31(32)39)46(42,43)38-33(40)24(22)3/h4,9-10,12-13,15-17,22-24,26,30H,5-8,11,14,18-21H2,1-3H3,(H,38,40)/b15-4+/t22-,23-,24+,26-,30+,35-,36-/m0/s1. The molecule has 0 aromatic heterocycles. The lowest BCUT2D eigenvalue weighted by Crippen LogP contribution is -2.52. The highest BCUT2D eigenvalue weighted by atomic mass is 35.5. The van der Waals surface area contributed by atoms with Crippen molar-refractivity contribution in [1.29, 1.82) is 0 Å². The molecule has 3 heterocycles. The summed E-state index contributed by atoms with van der Waals surface area (Å²) in [5, 5.41) is 0.718. The molecular formula is C36H43ClN2O6S. The van der Waals surface area contributed by atoms with Gasteiger partial charge in [-0.3, -0.25) is 9.59 Å². The van der Waals surface area contributed by atoms with Crippen molar-refractivity contribution in [3.8, 4) is 5.75 Å². The monoisotopic (exact) mass is 666 g/mol. The van der Waals surface area contributed by atoms with E-state index < -0.39 is 27.4 Å². The van der Waals surface area contributed by atoms with Crippen LogP contribution < -0.4 is 14.4 Å². The first-order valence-corrected chi connectivity index (χ1v) is 18.5. The van der Waals surface area contributed by atoms with Crippen LogP contribution in [0.3, 0.4) is 0 Å². The van der Waals surface area contributed by atoms with Gasteiger partial charge in [-0.25, -0.2) is 13.1 Å². The van der Waals surface area contributed by atoms with Crippen molar-refractivity contribution in [2.45, 2.75) is 81.6 Å². The molecule has 1 N–H and O–H groups in total. The van der Waals surface area contributed by atoms with Gasteiger partial charge >= 0.3 is 5.97 Å². The molecule has 2 aromatic carbocycles. The molecule has 246 valence electrons. The Hall–Kier alpha value is -3.04. The van der Waals surface area contributed by atoms with E-state index in [2.05, 4.69) is 27.8 Å². The first kappa shape index (κ1) is 31.6. The fourth-order valence-corrected chi connectivity index (χ4v) is 9.83. The lowest BCUT2D eigenvalue weighted by molar-refractivity contribution is -0.154. The summed E-state index contributed by atoms with van der Waals surface area (Å²) in [6.07, 6.45) is 10.1. The second kappa shape index (κ2) is 11.6. The van der Waals surface area contributed by atoms with Crippen molar-refractivity contribution in [3.63, 3.8) is 0 Å². The number of rotatable bonds is 0. The van der Waals surface area contributed by atoms with Gasteiger partial charge in [0.25, 0.3) is 10.0 Å². The summed E-state index contributed by atoms with van der Waals surface area (Å²) in [7, 11) is -4.13. The second-order valence-electron chi connectivity index (χ2n) is 14.5. The third kappa shape index (κ3) is 5.41. The average molecular weight is 667 g/mol. The first-order chi connectivity index (χ1) is 21.9. The predicted octanol–water partition coefficient (Wildman–Crippen LogP) is 6.20. The Kier molecular flexibility index (Phi) is 7.95. The molecule has 2 aromatic rings. The molecule has 7 rings (SSSR count). The van der Waals surface area contributed by atoms with Crippen LogP contribution in [0.15, 0.2) is 53.4 Å². The number of nitrogens with one attached hydrogen (secondary N) is 1. The van der Waals surface area contributed by atoms with E-state index in [9.17, 15) is 18.0 Å². The van der Waals surface area contributed by atoms with E-state index in [1.807, 2.05) is 26.0 Å². The van der Waals surface area contributed by atoms with Gasteiger partial charge in [0.05, 0.1) is 23.1 Å².